The molecule has 5 unspecified atom stereocenters. The quantitative estimate of drug-likeness (QED) is 0.172. The van der Waals surface area contributed by atoms with Gasteiger partial charge in [-0.2, -0.15) is 0 Å². The molecule has 5 atom stereocenters. The van der Waals surface area contributed by atoms with Crippen LogP contribution < -0.4 is 22.1 Å². The number of hydrogen-bond acceptors (Lipinski definition) is 7. The fourth-order valence-electron chi connectivity index (χ4n) is 3.74. The first kappa shape index (κ1) is 28.3. The highest BCUT2D eigenvalue weighted by Gasteiger charge is 2.38. The van der Waals surface area contributed by atoms with E-state index in [1.165, 1.54) is 4.90 Å². The van der Waals surface area contributed by atoms with Crippen LogP contribution in [0.4, 0.5) is 0 Å². The first-order valence-electron chi connectivity index (χ1n) is 11.3. The van der Waals surface area contributed by atoms with Gasteiger partial charge in [0.2, 0.25) is 17.7 Å². The zero-order valence-electron chi connectivity index (χ0n) is 19.3. The lowest BCUT2D eigenvalue weighted by atomic mass is 9.97. The molecule has 0 aromatic rings. The van der Waals surface area contributed by atoms with Crippen LogP contribution in [-0.4, -0.2) is 82.0 Å². The number of nitrogens with zero attached hydrogens (tertiary/aromatic N) is 1. The normalized spacial score (nSPS) is 19.3. The largest absolute Gasteiger partial charge is 0.481 e. The Morgan fingerprint density at radius 1 is 1.12 bits per heavy atom. The third-order valence-corrected chi connectivity index (χ3v) is 5.91. The lowest BCUT2D eigenvalue weighted by Crippen LogP contribution is -2.58. The summed E-state index contributed by atoms with van der Waals surface area (Å²) in [6, 6.07) is -4.25. The number of aliphatic carboxylic acids is 2. The van der Waals surface area contributed by atoms with Crippen LogP contribution in [0.3, 0.4) is 0 Å². The van der Waals surface area contributed by atoms with Crippen molar-refractivity contribution in [1.29, 1.82) is 0 Å². The maximum absolute atomic E-state index is 13.0. The molecule has 0 aliphatic carbocycles. The summed E-state index contributed by atoms with van der Waals surface area (Å²) >= 11 is 0. The predicted octanol–water partition coefficient (Wildman–Crippen LogP) is -0.991. The second-order valence-electron chi connectivity index (χ2n) is 8.45. The zero-order valence-corrected chi connectivity index (χ0v) is 19.3. The number of amides is 3. The Bertz CT molecular complexity index is 717. The van der Waals surface area contributed by atoms with E-state index in [0.717, 1.165) is 6.42 Å². The van der Waals surface area contributed by atoms with Crippen molar-refractivity contribution in [3.63, 3.8) is 0 Å². The van der Waals surface area contributed by atoms with E-state index >= 15 is 0 Å². The van der Waals surface area contributed by atoms with Gasteiger partial charge in [0.25, 0.3) is 0 Å². The van der Waals surface area contributed by atoms with Crippen molar-refractivity contribution < 1.29 is 34.2 Å². The van der Waals surface area contributed by atoms with Gasteiger partial charge in [0, 0.05) is 6.54 Å². The standard InChI is InChI=1S/C21H37N5O7/c1-3-12(2)17(19(30)24-14(21(32)33)11-16(27)28)25-18(29)15-8-6-10-26(15)20(31)13(23)7-4-5-9-22/h12-15,17H,3-11,22-23H2,1-2H3,(H,24,30)(H,25,29)(H,27,28)(H,32,33). The molecule has 0 aromatic carbocycles. The van der Waals surface area contributed by atoms with E-state index < -0.39 is 54.3 Å². The average molecular weight is 472 g/mol. The zero-order chi connectivity index (χ0) is 25.1. The summed E-state index contributed by atoms with van der Waals surface area (Å²) in [6.45, 7) is 4.39. The monoisotopic (exact) mass is 471 g/mol. The number of likely N-dealkylation sites (tertiary alicyclic amines) is 1. The van der Waals surface area contributed by atoms with Crippen molar-refractivity contribution in [2.24, 2.45) is 17.4 Å². The Kier molecular flexibility index (Phi) is 11.8. The van der Waals surface area contributed by atoms with Crippen molar-refractivity contribution >= 4 is 29.7 Å². The Hall–Kier alpha value is -2.73. The molecule has 1 fully saturated rings. The summed E-state index contributed by atoms with van der Waals surface area (Å²) in [5.74, 6) is -4.88. The highest BCUT2D eigenvalue weighted by Crippen LogP contribution is 2.20. The van der Waals surface area contributed by atoms with Gasteiger partial charge in [-0.1, -0.05) is 26.7 Å². The molecule has 0 radical (unpaired) electrons. The summed E-state index contributed by atoms with van der Waals surface area (Å²) in [7, 11) is 0. The van der Waals surface area contributed by atoms with E-state index in [2.05, 4.69) is 10.6 Å². The molecule has 188 valence electrons. The third-order valence-electron chi connectivity index (χ3n) is 5.91. The second kappa shape index (κ2) is 13.7. The van der Waals surface area contributed by atoms with Crippen LogP contribution in [0.1, 0.15) is 58.8 Å². The maximum Gasteiger partial charge on any atom is 0.326 e. The summed E-state index contributed by atoms with van der Waals surface area (Å²) in [4.78, 5) is 62.2. The van der Waals surface area contributed by atoms with Crippen molar-refractivity contribution in [3.05, 3.63) is 0 Å². The van der Waals surface area contributed by atoms with Crippen molar-refractivity contribution in [2.75, 3.05) is 13.1 Å². The molecule has 33 heavy (non-hydrogen) atoms. The highest BCUT2D eigenvalue weighted by molar-refractivity contribution is 5.95. The molecular formula is C21H37N5O7. The fraction of sp³-hybridized carbons (Fsp3) is 0.762. The molecule has 1 aliphatic heterocycles. The summed E-state index contributed by atoms with van der Waals surface area (Å²) in [5.41, 5.74) is 11.5. The Labute approximate surface area is 193 Å². The molecule has 0 aromatic heterocycles. The number of rotatable bonds is 14. The Balaban J connectivity index is 2.90. The van der Waals surface area contributed by atoms with Crippen LogP contribution in [0.15, 0.2) is 0 Å². The first-order chi connectivity index (χ1) is 15.5. The van der Waals surface area contributed by atoms with Gasteiger partial charge in [-0.25, -0.2) is 4.79 Å². The molecule has 12 heteroatoms. The molecule has 0 saturated carbocycles. The molecule has 3 amide bonds. The minimum Gasteiger partial charge on any atom is -0.481 e. The van der Waals surface area contributed by atoms with Gasteiger partial charge in [0.15, 0.2) is 0 Å². The maximum atomic E-state index is 13.0. The number of carboxylic acid groups (broad SMARTS) is 2. The number of nitrogens with one attached hydrogen (secondary N) is 2. The van der Waals surface area contributed by atoms with E-state index in [4.69, 9.17) is 16.6 Å². The number of carbonyl (C=O) groups is 5. The van der Waals surface area contributed by atoms with Gasteiger partial charge >= 0.3 is 11.9 Å². The number of nitrogens with two attached hydrogens (primary N) is 2. The summed E-state index contributed by atoms with van der Waals surface area (Å²) < 4.78 is 0. The number of hydrogen-bond donors (Lipinski definition) is 6. The molecule has 0 bridgehead atoms. The molecule has 12 nitrogen and oxygen atoms in total. The molecule has 1 saturated heterocycles. The van der Waals surface area contributed by atoms with E-state index in [9.17, 15) is 29.1 Å². The molecule has 8 N–H and O–H groups in total. The van der Waals surface area contributed by atoms with Gasteiger partial charge < -0.3 is 37.2 Å². The van der Waals surface area contributed by atoms with Gasteiger partial charge in [0.1, 0.15) is 18.1 Å². The van der Waals surface area contributed by atoms with Crippen LogP contribution in [0, 0.1) is 5.92 Å². The van der Waals surface area contributed by atoms with E-state index in [1.807, 2.05) is 0 Å². The highest BCUT2D eigenvalue weighted by atomic mass is 16.4. The number of unbranched alkanes of at least 4 members (excludes halogenated alkanes) is 1. The second-order valence-corrected chi connectivity index (χ2v) is 8.45. The number of carbonyl (C=O) groups excluding carboxylic acids is 3. The van der Waals surface area contributed by atoms with Gasteiger partial charge in [-0.15, -0.1) is 0 Å². The average Bonchev–Trinajstić information content (AvgIpc) is 3.25. The van der Waals surface area contributed by atoms with Crippen molar-refractivity contribution in [2.45, 2.75) is 83.0 Å². The smallest absolute Gasteiger partial charge is 0.326 e. The van der Waals surface area contributed by atoms with Gasteiger partial charge in [-0.3, -0.25) is 19.2 Å². The predicted molar refractivity (Wildman–Crippen MR) is 119 cm³/mol. The molecule has 1 aliphatic rings. The van der Waals surface area contributed by atoms with Crippen LogP contribution in [0.25, 0.3) is 0 Å². The van der Waals surface area contributed by atoms with Crippen LogP contribution in [-0.2, 0) is 24.0 Å². The van der Waals surface area contributed by atoms with Crippen LogP contribution in [0.5, 0.6) is 0 Å². The summed E-state index contributed by atoms with van der Waals surface area (Å²) in [6.07, 6.45) is 2.63. The fourth-order valence-corrected chi connectivity index (χ4v) is 3.74. The van der Waals surface area contributed by atoms with Crippen molar-refractivity contribution in [3.8, 4) is 0 Å². The Morgan fingerprint density at radius 3 is 2.33 bits per heavy atom. The first-order valence-corrected chi connectivity index (χ1v) is 11.3. The van der Waals surface area contributed by atoms with Gasteiger partial charge in [-0.05, 0) is 38.1 Å². The minimum absolute atomic E-state index is 0.332. The topological polar surface area (TPSA) is 205 Å². The lowest BCUT2D eigenvalue weighted by Gasteiger charge is -2.30. The molecule has 0 spiro atoms. The van der Waals surface area contributed by atoms with Crippen LogP contribution in [0.2, 0.25) is 0 Å². The van der Waals surface area contributed by atoms with E-state index in [-0.39, 0.29) is 11.8 Å². The van der Waals surface area contributed by atoms with Crippen LogP contribution >= 0.6 is 0 Å². The molecule has 1 heterocycles. The summed E-state index contributed by atoms with van der Waals surface area (Å²) in [5, 5.41) is 22.9. The lowest BCUT2D eigenvalue weighted by molar-refractivity contribution is -0.147. The SMILES string of the molecule is CCC(C)C(NC(=O)C1CCCN1C(=O)C(N)CCCCN)C(=O)NC(CC(=O)O)C(=O)O. The molecular weight excluding hydrogens is 434 g/mol. The van der Waals surface area contributed by atoms with E-state index in [0.29, 0.717) is 45.2 Å². The minimum atomic E-state index is -1.63. The third kappa shape index (κ3) is 8.61. The van der Waals surface area contributed by atoms with E-state index in [1.54, 1.807) is 13.8 Å². The van der Waals surface area contributed by atoms with Gasteiger partial charge in [0.05, 0.1) is 12.5 Å². The van der Waals surface area contributed by atoms with Crippen molar-refractivity contribution in [1.82, 2.24) is 15.5 Å². The number of carboxylic acids is 2. The Morgan fingerprint density at radius 2 is 1.79 bits per heavy atom. The molecule has 1 rings (SSSR count).